The zero-order valence-corrected chi connectivity index (χ0v) is 10.5. The Morgan fingerprint density at radius 2 is 2.28 bits per heavy atom. The Balaban J connectivity index is 2.40. The maximum Gasteiger partial charge on any atom is 0.326 e. The van der Waals surface area contributed by atoms with Crippen LogP contribution in [0.3, 0.4) is 0 Å². The van der Waals surface area contributed by atoms with E-state index in [4.69, 9.17) is 9.84 Å². The number of hydrogen-bond acceptors (Lipinski definition) is 4. The van der Waals surface area contributed by atoms with Crippen LogP contribution in [-0.2, 0) is 9.53 Å². The molecular formula is C11H20N2O5. The highest BCUT2D eigenvalue weighted by atomic mass is 16.5. The van der Waals surface area contributed by atoms with Gasteiger partial charge in [-0.15, -0.1) is 0 Å². The van der Waals surface area contributed by atoms with Crippen molar-refractivity contribution in [2.24, 2.45) is 0 Å². The van der Waals surface area contributed by atoms with Gasteiger partial charge in [0.1, 0.15) is 6.04 Å². The number of aliphatic hydroxyl groups excluding tert-OH is 1. The second-order valence-electron chi connectivity index (χ2n) is 4.36. The fraction of sp³-hybridized carbons (Fsp3) is 0.818. The van der Waals surface area contributed by atoms with Gasteiger partial charge in [0, 0.05) is 26.8 Å². The molecule has 2 atom stereocenters. The van der Waals surface area contributed by atoms with E-state index in [-0.39, 0.29) is 6.54 Å². The zero-order chi connectivity index (χ0) is 13.5. The van der Waals surface area contributed by atoms with Crippen molar-refractivity contribution in [3.63, 3.8) is 0 Å². The van der Waals surface area contributed by atoms with Crippen LogP contribution in [0.15, 0.2) is 0 Å². The number of ether oxygens (including phenoxy) is 1. The average Bonchev–Trinajstić information content (AvgIpc) is 2.74. The molecule has 0 saturated carbocycles. The van der Waals surface area contributed by atoms with Crippen molar-refractivity contribution in [2.75, 3.05) is 26.8 Å². The highest BCUT2D eigenvalue weighted by Crippen LogP contribution is 2.09. The summed E-state index contributed by atoms with van der Waals surface area (Å²) in [4.78, 5) is 24.2. The quantitative estimate of drug-likeness (QED) is 0.566. The van der Waals surface area contributed by atoms with Crippen LogP contribution < -0.4 is 5.32 Å². The van der Waals surface area contributed by atoms with E-state index in [0.29, 0.717) is 32.4 Å². The van der Waals surface area contributed by atoms with Gasteiger partial charge in [0.25, 0.3) is 0 Å². The number of nitrogens with zero attached hydrogens (tertiary/aromatic N) is 1. The summed E-state index contributed by atoms with van der Waals surface area (Å²) in [5.74, 6) is -1.06. The van der Waals surface area contributed by atoms with Gasteiger partial charge in [-0.2, -0.15) is 0 Å². The second-order valence-corrected chi connectivity index (χ2v) is 4.36. The first kappa shape index (κ1) is 14.7. The molecular weight excluding hydrogens is 240 g/mol. The van der Waals surface area contributed by atoms with Crippen molar-refractivity contribution >= 4 is 12.0 Å². The van der Waals surface area contributed by atoms with Crippen molar-refractivity contribution in [1.82, 2.24) is 10.2 Å². The number of β-amino-alcohol motifs (C(OH)–C–C–N with tert-alkyl or cyclic N) is 1. The Morgan fingerprint density at radius 1 is 1.56 bits per heavy atom. The van der Waals surface area contributed by atoms with E-state index < -0.39 is 24.1 Å². The number of hydrogen-bond donors (Lipinski definition) is 3. The van der Waals surface area contributed by atoms with E-state index in [0.717, 1.165) is 0 Å². The lowest BCUT2D eigenvalue weighted by Crippen LogP contribution is -2.47. The number of carbonyl (C=O) groups excluding carboxylic acids is 1. The van der Waals surface area contributed by atoms with Gasteiger partial charge in [-0.3, -0.25) is 0 Å². The predicted octanol–water partition coefficient (Wildman–Crippen LogP) is -0.358. The van der Waals surface area contributed by atoms with E-state index in [1.807, 2.05) is 0 Å². The summed E-state index contributed by atoms with van der Waals surface area (Å²) < 4.78 is 4.84. The Labute approximate surface area is 106 Å². The van der Waals surface area contributed by atoms with Crippen molar-refractivity contribution in [3.8, 4) is 0 Å². The standard InChI is InChI=1S/C11H20N2O5/c1-18-6-2-3-9(10(15)16)12-11(17)13-5-4-8(14)7-13/h8-9,14H,2-7H2,1H3,(H,12,17)(H,15,16). The molecule has 0 aromatic rings. The van der Waals surface area contributed by atoms with Crippen LogP contribution in [0.2, 0.25) is 0 Å². The van der Waals surface area contributed by atoms with Gasteiger partial charge in [-0.1, -0.05) is 0 Å². The monoisotopic (exact) mass is 260 g/mol. The number of urea groups is 1. The molecule has 1 fully saturated rings. The Hall–Kier alpha value is -1.34. The van der Waals surface area contributed by atoms with Crippen LogP contribution in [0, 0.1) is 0 Å². The number of amides is 2. The molecule has 0 aromatic carbocycles. The molecule has 18 heavy (non-hydrogen) atoms. The summed E-state index contributed by atoms with van der Waals surface area (Å²) in [5.41, 5.74) is 0. The molecule has 2 unspecified atom stereocenters. The smallest absolute Gasteiger partial charge is 0.326 e. The van der Waals surface area contributed by atoms with Crippen LogP contribution in [0.5, 0.6) is 0 Å². The number of aliphatic hydroxyl groups is 1. The molecule has 2 amide bonds. The van der Waals surface area contributed by atoms with E-state index in [1.165, 1.54) is 4.90 Å². The summed E-state index contributed by atoms with van der Waals surface area (Å²) in [6, 6.07) is -1.35. The van der Waals surface area contributed by atoms with Gasteiger partial charge in [0.2, 0.25) is 0 Å². The lowest BCUT2D eigenvalue weighted by atomic mass is 10.1. The van der Waals surface area contributed by atoms with Gasteiger partial charge in [-0.25, -0.2) is 9.59 Å². The molecule has 1 aliphatic heterocycles. The largest absolute Gasteiger partial charge is 0.480 e. The van der Waals surface area contributed by atoms with Crippen molar-refractivity contribution in [2.45, 2.75) is 31.4 Å². The third-order valence-corrected chi connectivity index (χ3v) is 2.89. The third-order valence-electron chi connectivity index (χ3n) is 2.89. The molecule has 1 rings (SSSR count). The first-order valence-corrected chi connectivity index (χ1v) is 6.00. The molecule has 1 heterocycles. The average molecular weight is 260 g/mol. The molecule has 0 radical (unpaired) electrons. The molecule has 1 aliphatic rings. The number of carboxylic acid groups (broad SMARTS) is 1. The number of aliphatic carboxylic acids is 1. The first-order chi connectivity index (χ1) is 8.54. The minimum atomic E-state index is -1.06. The van der Waals surface area contributed by atoms with Crippen LogP contribution in [0.25, 0.3) is 0 Å². The van der Waals surface area contributed by atoms with Gasteiger partial charge in [0.05, 0.1) is 6.10 Å². The topological polar surface area (TPSA) is 99.1 Å². The van der Waals surface area contributed by atoms with Gasteiger partial charge in [-0.05, 0) is 19.3 Å². The van der Waals surface area contributed by atoms with Crippen molar-refractivity contribution < 1.29 is 24.5 Å². The maximum atomic E-state index is 11.7. The van der Waals surface area contributed by atoms with E-state index in [2.05, 4.69) is 5.32 Å². The molecule has 3 N–H and O–H groups in total. The molecule has 104 valence electrons. The number of likely N-dealkylation sites (tertiary alicyclic amines) is 1. The van der Waals surface area contributed by atoms with Gasteiger partial charge < -0.3 is 25.2 Å². The minimum absolute atomic E-state index is 0.260. The SMILES string of the molecule is COCCCC(NC(=O)N1CCC(O)C1)C(=O)O. The third kappa shape index (κ3) is 4.50. The lowest BCUT2D eigenvalue weighted by Gasteiger charge is -2.20. The summed E-state index contributed by atoms with van der Waals surface area (Å²) in [7, 11) is 1.54. The Kier molecular flexibility index (Phi) is 5.87. The highest BCUT2D eigenvalue weighted by molar-refractivity contribution is 5.82. The number of rotatable bonds is 6. The normalized spacial score (nSPS) is 20.8. The molecule has 1 saturated heterocycles. The number of methoxy groups -OCH3 is 1. The van der Waals surface area contributed by atoms with Crippen LogP contribution >= 0.6 is 0 Å². The van der Waals surface area contributed by atoms with Crippen molar-refractivity contribution in [1.29, 1.82) is 0 Å². The molecule has 0 aliphatic carbocycles. The zero-order valence-electron chi connectivity index (χ0n) is 10.5. The van der Waals surface area contributed by atoms with Crippen molar-refractivity contribution in [3.05, 3.63) is 0 Å². The van der Waals surface area contributed by atoms with Gasteiger partial charge >= 0.3 is 12.0 Å². The fourth-order valence-corrected chi connectivity index (χ4v) is 1.86. The summed E-state index contributed by atoms with van der Waals surface area (Å²) >= 11 is 0. The number of carboxylic acids is 1. The predicted molar refractivity (Wildman–Crippen MR) is 63.3 cm³/mol. The first-order valence-electron chi connectivity index (χ1n) is 6.00. The van der Waals surface area contributed by atoms with Crippen LogP contribution in [0.1, 0.15) is 19.3 Å². The van der Waals surface area contributed by atoms with E-state index in [1.54, 1.807) is 7.11 Å². The number of nitrogens with one attached hydrogen (secondary N) is 1. The Bertz CT molecular complexity index is 297. The van der Waals surface area contributed by atoms with Crippen LogP contribution in [0.4, 0.5) is 4.79 Å². The summed E-state index contributed by atoms with van der Waals surface area (Å²) in [6.45, 7) is 1.18. The van der Waals surface area contributed by atoms with Gasteiger partial charge in [0.15, 0.2) is 0 Å². The minimum Gasteiger partial charge on any atom is -0.480 e. The van der Waals surface area contributed by atoms with Crippen LogP contribution in [-0.4, -0.2) is 66.1 Å². The Morgan fingerprint density at radius 3 is 2.78 bits per heavy atom. The number of carbonyl (C=O) groups is 2. The summed E-state index contributed by atoms with van der Waals surface area (Å²) in [6.07, 6.45) is 0.920. The lowest BCUT2D eigenvalue weighted by molar-refractivity contribution is -0.139. The summed E-state index contributed by atoms with van der Waals surface area (Å²) in [5, 5.41) is 20.8. The van der Waals surface area contributed by atoms with E-state index >= 15 is 0 Å². The molecule has 7 heteroatoms. The second kappa shape index (κ2) is 7.17. The molecule has 0 spiro atoms. The van der Waals surface area contributed by atoms with E-state index in [9.17, 15) is 14.7 Å². The highest BCUT2D eigenvalue weighted by Gasteiger charge is 2.27. The molecule has 0 bridgehead atoms. The maximum absolute atomic E-state index is 11.7. The molecule has 0 aromatic heterocycles. The fourth-order valence-electron chi connectivity index (χ4n) is 1.86. The molecule has 7 nitrogen and oxygen atoms in total.